The first-order valence-corrected chi connectivity index (χ1v) is 10.8. The number of benzene rings is 1. The van der Waals surface area contributed by atoms with Gasteiger partial charge in [0, 0.05) is 42.6 Å². The van der Waals surface area contributed by atoms with Crippen LogP contribution in [0.2, 0.25) is 5.02 Å². The maximum atomic E-state index is 12.9. The van der Waals surface area contributed by atoms with Crippen molar-refractivity contribution in [3.63, 3.8) is 0 Å². The minimum absolute atomic E-state index is 0.201. The van der Waals surface area contributed by atoms with E-state index in [9.17, 15) is 4.79 Å². The summed E-state index contributed by atoms with van der Waals surface area (Å²) >= 11 is 6.35. The van der Waals surface area contributed by atoms with E-state index in [0.717, 1.165) is 30.2 Å². The number of carbonyl (C=O) groups excluding carboxylic acids is 1. The van der Waals surface area contributed by atoms with E-state index in [2.05, 4.69) is 34.4 Å². The van der Waals surface area contributed by atoms with Gasteiger partial charge in [0.05, 0.1) is 22.0 Å². The Morgan fingerprint density at radius 2 is 1.90 bits per heavy atom. The van der Waals surface area contributed by atoms with E-state index in [0.29, 0.717) is 34.1 Å². The summed E-state index contributed by atoms with van der Waals surface area (Å²) in [6, 6.07) is 15.6. The number of halogens is 1. The van der Waals surface area contributed by atoms with E-state index in [4.69, 9.17) is 16.6 Å². The fourth-order valence-electron chi connectivity index (χ4n) is 4.00. The number of aromatic nitrogens is 2. The number of rotatable bonds is 4. The van der Waals surface area contributed by atoms with Crippen LogP contribution in [-0.4, -0.2) is 41.0 Å². The molecule has 6 nitrogen and oxygen atoms in total. The predicted molar refractivity (Wildman–Crippen MR) is 126 cm³/mol. The third kappa shape index (κ3) is 4.86. The van der Waals surface area contributed by atoms with Crippen LogP contribution in [0.25, 0.3) is 11.3 Å². The second kappa shape index (κ2) is 9.04. The van der Waals surface area contributed by atoms with Crippen molar-refractivity contribution in [2.45, 2.75) is 32.9 Å². The van der Waals surface area contributed by atoms with Gasteiger partial charge in [0.2, 0.25) is 0 Å². The summed E-state index contributed by atoms with van der Waals surface area (Å²) in [5, 5.41) is 7.07. The normalized spacial score (nSPS) is 18.6. The summed E-state index contributed by atoms with van der Waals surface area (Å²) in [6.07, 6.45) is 1.72. The SMILES string of the molecule is Cc1nc(N2C[C@@H](C)N[C@@H](C)C2)ccc1C(=O)Nc1ccc(Cl)c(-c2ccccn2)c1. The monoisotopic (exact) mass is 435 g/mol. The van der Waals surface area contributed by atoms with Crippen LogP contribution in [0.3, 0.4) is 0 Å². The minimum Gasteiger partial charge on any atom is -0.354 e. The van der Waals surface area contributed by atoms with Gasteiger partial charge >= 0.3 is 0 Å². The van der Waals surface area contributed by atoms with Crippen LogP contribution in [0, 0.1) is 6.92 Å². The van der Waals surface area contributed by atoms with Crippen molar-refractivity contribution in [2.75, 3.05) is 23.3 Å². The molecule has 0 aliphatic carbocycles. The van der Waals surface area contributed by atoms with E-state index >= 15 is 0 Å². The molecule has 2 atom stereocenters. The average molecular weight is 436 g/mol. The zero-order valence-electron chi connectivity index (χ0n) is 17.9. The number of hydrogen-bond donors (Lipinski definition) is 2. The smallest absolute Gasteiger partial charge is 0.257 e. The van der Waals surface area contributed by atoms with Gasteiger partial charge in [-0.1, -0.05) is 17.7 Å². The van der Waals surface area contributed by atoms with Crippen LogP contribution in [-0.2, 0) is 0 Å². The van der Waals surface area contributed by atoms with Crippen LogP contribution in [0.4, 0.5) is 11.5 Å². The largest absolute Gasteiger partial charge is 0.354 e. The van der Waals surface area contributed by atoms with Gasteiger partial charge in [-0.2, -0.15) is 0 Å². The quantitative estimate of drug-likeness (QED) is 0.629. The minimum atomic E-state index is -0.201. The van der Waals surface area contributed by atoms with Crippen molar-refractivity contribution in [2.24, 2.45) is 0 Å². The van der Waals surface area contributed by atoms with Crippen molar-refractivity contribution < 1.29 is 4.79 Å². The Hall–Kier alpha value is -2.96. The molecule has 1 saturated heterocycles. The summed E-state index contributed by atoms with van der Waals surface area (Å²) in [4.78, 5) is 24.3. The molecule has 3 heterocycles. The fourth-order valence-corrected chi connectivity index (χ4v) is 4.21. The molecule has 0 spiro atoms. The highest BCUT2D eigenvalue weighted by Gasteiger charge is 2.23. The Bertz CT molecular complexity index is 1080. The number of hydrogen-bond acceptors (Lipinski definition) is 5. The van der Waals surface area contributed by atoms with Gasteiger partial charge in [-0.05, 0) is 63.2 Å². The summed E-state index contributed by atoms with van der Waals surface area (Å²) in [5.74, 6) is 0.700. The maximum absolute atomic E-state index is 12.9. The standard InChI is InChI=1S/C24H26ClN5O/c1-15-13-30(14-16(2)27-15)23-10-8-19(17(3)28-23)24(31)29-18-7-9-21(25)20(12-18)22-6-4-5-11-26-22/h4-12,15-16,27H,13-14H2,1-3H3,(H,29,31)/t15-,16+. The highest BCUT2D eigenvalue weighted by Crippen LogP contribution is 2.29. The molecule has 7 heteroatoms. The first-order chi connectivity index (χ1) is 14.9. The number of aryl methyl sites for hydroxylation is 1. The highest BCUT2D eigenvalue weighted by atomic mass is 35.5. The molecule has 1 aliphatic rings. The summed E-state index contributed by atoms with van der Waals surface area (Å²) < 4.78 is 0. The Balaban J connectivity index is 1.53. The predicted octanol–water partition coefficient (Wildman–Crippen LogP) is 4.54. The topological polar surface area (TPSA) is 70.2 Å². The lowest BCUT2D eigenvalue weighted by molar-refractivity contribution is 0.102. The second-order valence-corrected chi connectivity index (χ2v) is 8.45. The number of nitrogens with one attached hydrogen (secondary N) is 2. The first-order valence-electron chi connectivity index (χ1n) is 10.4. The molecule has 0 saturated carbocycles. The first kappa shape index (κ1) is 21.3. The number of piperazine rings is 1. The van der Waals surface area contributed by atoms with Crippen molar-refractivity contribution in [1.29, 1.82) is 0 Å². The molecular formula is C24H26ClN5O. The third-order valence-electron chi connectivity index (χ3n) is 5.36. The van der Waals surface area contributed by atoms with Crippen molar-refractivity contribution >= 4 is 29.0 Å². The Kier molecular flexibility index (Phi) is 6.20. The van der Waals surface area contributed by atoms with Gasteiger partial charge in [-0.25, -0.2) is 4.98 Å². The summed E-state index contributed by atoms with van der Waals surface area (Å²) in [7, 11) is 0. The molecule has 0 bridgehead atoms. The lowest BCUT2D eigenvalue weighted by Gasteiger charge is -2.37. The lowest BCUT2D eigenvalue weighted by atomic mass is 10.1. The van der Waals surface area contributed by atoms with Crippen molar-refractivity contribution in [3.05, 3.63) is 71.0 Å². The molecule has 3 aromatic rings. The molecule has 2 N–H and O–H groups in total. The van der Waals surface area contributed by atoms with Gasteiger partial charge in [0.25, 0.3) is 5.91 Å². The molecule has 1 fully saturated rings. The molecule has 0 unspecified atom stereocenters. The Morgan fingerprint density at radius 3 is 2.58 bits per heavy atom. The number of nitrogens with zero attached hydrogens (tertiary/aromatic N) is 3. The van der Waals surface area contributed by atoms with Crippen LogP contribution < -0.4 is 15.5 Å². The molecule has 2 aromatic heterocycles. The molecule has 0 radical (unpaired) electrons. The number of anilines is 2. The molecule has 1 aromatic carbocycles. The van der Waals surface area contributed by atoms with E-state index in [1.54, 1.807) is 18.3 Å². The molecule has 1 amide bonds. The Morgan fingerprint density at radius 1 is 1.13 bits per heavy atom. The highest BCUT2D eigenvalue weighted by molar-refractivity contribution is 6.33. The van der Waals surface area contributed by atoms with Gasteiger partial charge in [-0.3, -0.25) is 9.78 Å². The van der Waals surface area contributed by atoms with Crippen LogP contribution in [0.15, 0.2) is 54.7 Å². The van der Waals surface area contributed by atoms with Crippen molar-refractivity contribution in [3.8, 4) is 11.3 Å². The van der Waals surface area contributed by atoms with Gasteiger partial charge < -0.3 is 15.5 Å². The number of carbonyl (C=O) groups is 1. The molecule has 4 rings (SSSR count). The Labute approximate surface area is 187 Å². The molecule has 160 valence electrons. The average Bonchev–Trinajstić information content (AvgIpc) is 2.75. The fraction of sp³-hybridized carbons (Fsp3) is 0.292. The van der Waals surface area contributed by atoms with E-state index in [1.807, 2.05) is 43.3 Å². The zero-order valence-corrected chi connectivity index (χ0v) is 18.6. The number of pyridine rings is 2. The maximum Gasteiger partial charge on any atom is 0.257 e. The number of amides is 1. The molecule has 1 aliphatic heterocycles. The van der Waals surface area contributed by atoms with Crippen LogP contribution in [0.5, 0.6) is 0 Å². The van der Waals surface area contributed by atoms with E-state index in [1.165, 1.54) is 0 Å². The van der Waals surface area contributed by atoms with Gasteiger partial charge in [0.1, 0.15) is 5.82 Å². The van der Waals surface area contributed by atoms with Gasteiger partial charge in [0.15, 0.2) is 0 Å². The van der Waals surface area contributed by atoms with E-state index < -0.39 is 0 Å². The molecular weight excluding hydrogens is 410 g/mol. The van der Waals surface area contributed by atoms with Crippen LogP contribution >= 0.6 is 11.6 Å². The zero-order chi connectivity index (χ0) is 22.0. The lowest BCUT2D eigenvalue weighted by Crippen LogP contribution is -2.54. The van der Waals surface area contributed by atoms with Crippen LogP contribution in [0.1, 0.15) is 29.9 Å². The third-order valence-corrected chi connectivity index (χ3v) is 5.69. The van der Waals surface area contributed by atoms with Gasteiger partial charge in [-0.15, -0.1) is 0 Å². The molecule has 31 heavy (non-hydrogen) atoms. The van der Waals surface area contributed by atoms with Crippen molar-refractivity contribution in [1.82, 2.24) is 15.3 Å². The summed E-state index contributed by atoms with van der Waals surface area (Å²) in [6.45, 7) is 7.99. The second-order valence-electron chi connectivity index (χ2n) is 8.04. The summed E-state index contributed by atoms with van der Waals surface area (Å²) in [5.41, 5.74) is 3.43. The van der Waals surface area contributed by atoms with E-state index in [-0.39, 0.29) is 5.91 Å².